The number of carbonyl (C=O) groups is 4. The number of hydrogen-bond acceptors (Lipinski definition) is 12. The van der Waals surface area contributed by atoms with Gasteiger partial charge in [-0.25, -0.2) is 0 Å². The Labute approximate surface area is 226 Å². The number of ether oxygens (including phenoxy) is 4. The number of nitrogens with zero attached hydrogens (tertiary/aromatic N) is 1. The fourth-order valence-corrected chi connectivity index (χ4v) is 4.30. The van der Waals surface area contributed by atoms with Gasteiger partial charge in [-0.15, -0.1) is 0 Å². The van der Waals surface area contributed by atoms with Crippen LogP contribution in [0.15, 0.2) is 18.2 Å². The maximum atomic E-state index is 13.1. The Hall–Kier alpha value is -2.95. The predicted molar refractivity (Wildman–Crippen MR) is 136 cm³/mol. The molecule has 0 aliphatic carbocycles. The fourth-order valence-electron chi connectivity index (χ4n) is 3.93. The number of piperidine rings is 1. The summed E-state index contributed by atoms with van der Waals surface area (Å²) in [4.78, 5) is 50.5. The normalized spacial score (nSPS) is 17.5. The average Bonchev–Trinajstić information content (AvgIpc) is 3.13. The number of anilines is 1. The van der Waals surface area contributed by atoms with Gasteiger partial charge >= 0.3 is 0 Å². The second-order valence-electron chi connectivity index (χ2n) is 8.58. The topological polar surface area (TPSA) is 176 Å². The van der Waals surface area contributed by atoms with Crippen molar-refractivity contribution < 1.29 is 50.7 Å². The highest BCUT2D eigenvalue weighted by Gasteiger charge is 2.45. The van der Waals surface area contributed by atoms with Gasteiger partial charge in [0.05, 0.1) is 76.8 Å². The first-order valence-electron chi connectivity index (χ1n) is 12.4. The van der Waals surface area contributed by atoms with Crippen LogP contribution in [0.5, 0.6) is 0 Å². The standard InChI is InChI=1S/C24H33N3O11S/c1-39(32,33)38-16-15-37-14-13-36-12-11-35-10-9-34-8-7-25-18-4-2-3-17-21(18)24(31)27(23(17)30)19-5-6-20(28)26-22(19)29/h2-4,19,25H,5-16H2,1H3,(H,26,28,29). The van der Waals surface area contributed by atoms with E-state index in [0.29, 0.717) is 58.5 Å². The third kappa shape index (κ3) is 9.33. The van der Waals surface area contributed by atoms with Gasteiger partial charge in [-0.05, 0) is 18.6 Å². The van der Waals surface area contributed by atoms with Crippen molar-refractivity contribution in [3.8, 4) is 0 Å². The Morgan fingerprint density at radius 3 is 2.05 bits per heavy atom. The molecule has 2 aliphatic heterocycles. The lowest BCUT2D eigenvalue weighted by atomic mass is 10.0. The predicted octanol–water partition coefficient (Wildman–Crippen LogP) is -0.458. The maximum absolute atomic E-state index is 13.1. The fraction of sp³-hybridized carbons (Fsp3) is 0.583. The van der Waals surface area contributed by atoms with Gasteiger partial charge in [0.1, 0.15) is 6.04 Å². The van der Waals surface area contributed by atoms with E-state index in [9.17, 15) is 27.6 Å². The highest BCUT2D eigenvalue weighted by molar-refractivity contribution is 7.85. The summed E-state index contributed by atoms with van der Waals surface area (Å²) in [6, 6.07) is 3.85. The molecule has 0 bridgehead atoms. The van der Waals surface area contributed by atoms with Crippen LogP contribution in [0.25, 0.3) is 0 Å². The monoisotopic (exact) mass is 571 g/mol. The van der Waals surface area contributed by atoms with Crippen molar-refractivity contribution in [2.45, 2.75) is 18.9 Å². The molecule has 0 saturated carbocycles. The largest absolute Gasteiger partial charge is 0.382 e. The Morgan fingerprint density at radius 1 is 0.872 bits per heavy atom. The Morgan fingerprint density at radius 2 is 1.46 bits per heavy atom. The molecule has 216 valence electrons. The van der Waals surface area contributed by atoms with Crippen LogP contribution in [0, 0.1) is 0 Å². The quantitative estimate of drug-likeness (QED) is 0.132. The number of carbonyl (C=O) groups excluding carboxylic acids is 4. The van der Waals surface area contributed by atoms with Crippen molar-refractivity contribution in [2.24, 2.45) is 0 Å². The Bertz CT molecular complexity index is 1140. The smallest absolute Gasteiger partial charge is 0.264 e. The van der Waals surface area contributed by atoms with Gasteiger partial charge in [-0.1, -0.05) is 6.07 Å². The summed E-state index contributed by atoms with van der Waals surface area (Å²) in [7, 11) is -3.45. The summed E-state index contributed by atoms with van der Waals surface area (Å²) < 4.78 is 47.5. The molecule has 1 saturated heterocycles. The molecule has 2 heterocycles. The van der Waals surface area contributed by atoms with E-state index >= 15 is 0 Å². The summed E-state index contributed by atoms with van der Waals surface area (Å²) >= 11 is 0. The SMILES string of the molecule is CS(=O)(=O)OCCOCCOCCOCCOCCNc1cccc2c1C(=O)N(C1CCC(=O)NC1=O)C2=O. The molecule has 0 spiro atoms. The van der Waals surface area contributed by atoms with Gasteiger partial charge < -0.3 is 24.3 Å². The summed E-state index contributed by atoms with van der Waals surface area (Å²) in [5, 5.41) is 5.28. The first-order valence-corrected chi connectivity index (χ1v) is 14.2. The van der Waals surface area contributed by atoms with Gasteiger partial charge in [-0.3, -0.25) is 33.6 Å². The van der Waals surface area contributed by atoms with Crippen LogP contribution >= 0.6 is 0 Å². The molecule has 14 nitrogen and oxygen atoms in total. The van der Waals surface area contributed by atoms with E-state index in [1.807, 2.05) is 0 Å². The van der Waals surface area contributed by atoms with E-state index in [4.69, 9.17) is 18.9 Å². The molecular weight excluding hydrogens is 538 g/mol. The van der Waals surface area contributed by atoms with Crippen molar-refractivity contribution in [3.63, 3.8) is 0 Å². The van der Waals surface area contributed by atoms with Crippen LogP contribution in [0.4, 0.5) is 5.69 Å². The molecule has 1 fully saturated rings. The molecule has 1 aromatic carbocycles. The van der Waals surface area contributed by atoms with Gasteiger partial charge in [0.15, 0.2) is 0 Å². The first-order chi connectivity index (χ1) is 18.7. The van der Waals surface area contributed by atoms with E-state index in [1.54, 1.807) is 12.1 Å². The van der Waals surface area contributed by atoms with Crippen LogP contribution < -0.4 is 10.6 Å². The summed E-state index contributed by atoms with van der Waals surface area (Å²) in [6.45, 7) is 2.90. The van der Waals surface area contributed by atoms with E-state index in [1.165, 1.54) is 6.07 Å². The number of nitrogens with one attached hydrogen (secondary N) is 2. The number of fused-ring (bicyclic) bond motifs is 1. The van der Waals surface area contributed by atoms with Crippen molar-refractivity contribution >= 4 is 39.4 Å². The third-order valence-corrected chi connectivity index (χ3v) is 6.27. The lowest BCUT2D eigenvalue weighted by molar-refractivity contribution is -0.136. The molecule has 1 unspecified atom stereocenters. The van der Waals surface area contributed by atoms with Crippen LogP contribution in [0.1, 0.15) is 33.6 Å². The molecule has 2 N–H and O–H groups in total. The third-order valence-electron chi connectivity index (χ3n) is 5.67. The van der Waals surface area contributed by atoms with Gasteiger partial charge in [0.2, 0.25) is 11.8 Å². The molecule has 15 heteroatoms. The van der Waals surface area contributed by atoms with E-state index in [2.05, 4.69) is 14.8 Å². The Balaban J connectivity index is 1.26. The number of hydrogen-bond donors (Lipinski definition) is 2. The second kappa shape index (κ2) is 15.0. The minimum absolute atomic E-state index is 0.0357. The highest BCUT2D eigenvalue weighted by atomic mass is 32.2. The molecule has 2 aliphatic rings. The summed E-state index contributed by atoms with van der Waals surface area (Å²) in [5.74, 6) is -2.21. The van der Waals surface area contributed by atoms with Crippen molar-refractivity contribution in [3.05, 3.63) is 29.3 Å². The van der Waals surface area contributed by atoms with Crippen molar-refractivity contribution in [1.29, 1.82) is 0 Å². The zero-order valence-electron chi connectivity index (χ0n) is 21.6. The molecule has 1 aromatic rings. The van der Waals surface area contributed by atoms with Crippen LogP contribution in [0.3, 0.4) is 0 Å². The summed E-state index contributed by atoms with van der Waals surface area (Å²) in [5.41, 5.74) is 0.867. The van der Waals surface area contributed by atoms with Crippen LogP contribution in [0.2, 0.25) is 0 Å². The zero-order chi connectivity index (χ0) is 28.3. The van der Waals surface area contributed by atoms with Gasteiger partial charge in [0, 0.05) is 18.7 Å². The minimum atomic E-state index is -3.45. The first kappa shape index (κ1) is 30.6. The van der Waals surface area contributed by atoms with Gasteiger partial charge in [0.25, 0.3) is 21.9 Å². The summed E-state index contributed by atoms with van der Waals surface area (Å²) in [6.07, 6.45) is 1.13. The van der Waals surface area contributed by atoms with E-state index in [-0.39, 0.29) is 37.2 Å². The van der Waals surface area contributed by atoms with Gasteiger partial charge in [-0.2, -0.15) is 8.42 Å². The number of amides is 4. The Kier molecular flexibility index (Phi) is 11.8. The highest BCUT2D eigenvalue weighted by Crippen LogP contribution is 2.32. The van der Waals surface area contributed by atoms with Crippen molar-refractivity contribution in [1.82, 2.24) is 10.2 Å². The van der Waals surface area contributed by atoms with E-state index in [0.717, 1.165) is 11.2 Å². The van der Waals surface area contributed by atoms with Crippen LogP contribution in [-0.4, -0.2) is 115 Å². The zero-order valence-corrected chi connectivity index (χ0v) is 22.5. The van der Waals surface area contributed by atoms with E-state index < -0.39 is 39.8 Å². The number of imide groups is 2. The van der Waals surface area contributed by atoms with Crippen LogP contribution in [-0.2, 0) is 42.8 Å². The molecule has 39 heavy (non-hydrogen) atoms. The molecule has 0 radical (unpaired) electrons. The molecule has 1 atom stereocenters. The molecule has 0 aromatic heterocycles. The molecule has 4 amide bonds. The lowest BCUT2D eigenvalue weighted by Gasteiger charge is -2.27. The number of rotatable bonds is 18. The van der Waals surface area contributed by atoms with Crippen molar-refractivity contribution in [2.75, 3.05) is 77.6 Å². The lowest BCUT2D eigenvalue weighted by Crippen LogP contribution is -2.54. The number of benzene rings is 1. The molecular formula is C24H33N3O11S. The average molecular weight is 572 g/mol. The molecule has 3 rings (SSSR count). The second-order valence-corrected chi connectivity index (χ2v) is 10.2. The minimum Gasteiger partial charge on any atom is -0.382 e. The maximum Gasteiger partial charge on any atom is 0.264 e.